The Morgan fingerprint density at radius 3 is 2.83 bits per heavy atom. The van der Waals surface area contributed by atoms with E-state index in [-0.39, 0.29) is 17.9 Å². The minimum Gasteiger partial charge on any atom is -0.375 e. The van der Waals surface area contributed by atoms with Crippen LogP contribution in [0.3, 0.4) is 0 Å². The first-order valence-corrected chi connectivity index (χ1v) is 8.21. The van der Waals surface area contributed by atoms with Crippen molar-refractivity contribution < 1.29 is 14.3 Å². The minimum atomic E-state index is -0.0349. The van der Waals surface area contributed by atoms with Gasteiger partial charge in [-0.1, -0.05) is 12.1 Å². The maximum atomic E-state index is 11.9. The lowest BCUT2D eigenvalue weighted by atomic mass is 10.1. The van der Waals surface area contributed by atoms with Gasteiger partial charge in [0.15, 0.2) is 0 Å². The number of carbonyl (C=O) groups excluding carboxylic acids is 2. The zero-order valence-corrected chi connectivity index (χ0v) is 13.2. The van der Waals surface area contributed by atoms with E-state index < -0.39 is 0 Å². The number of carbonyl (C=O) groups is 2. The number of hydrogen-bond acceptors (Lipinski definition) is 4. The molecular weight excluding hydrogens is 294 g/mol. The van der Waals surface area contributed by atoms with Gasteiger partial charge in [0.25, 0.3) is 0 Å². The van der Waals surface area contributed by atoms with Gasteiger partial charge < -0.3 is 20.3 Å². The average molecular weight is 317 g/mol. The number of benzene rings is 1. The van der Waals surface area contributed by atoms with Crippen LogP contribution in [0.15, 0.2) is 24.3 Å². The van der Waals surface area contributed by atoms with Crippen LogP contribution in [0.1, 0.15) is 24.8 Å². The van der Waals surface area contributed by atoms with Crippen LogP contribution in [0.5, 0.6) is 0 Å². The Labute approximate surface area is 136 Å². The molecule has 0 spiro atoms. The fourth-order valence-corrected chi connectivity index (χ4v) is 2.95. The molecule has 2 saturated heterocycles. The summed E-state index contributed by atoms with van der Waals surface area (Å²) < 4.78 is 5.52. The zero-order valence-electron chi connectivity index (χ0n) is 13.2. The first-order valence-electron chi connectivity index (χ1n) is 8.21. The molecule has 1 unspecified atom stereocenters. The third-order valence-electron chi connectivity index (χ3n) is 4.23. The van der Waals surface area contributed by atoms with Gasteiger partial charge in [0.1, 0.15) is 0 Å². The van der Waals surface area contributed by atoms with Crippen LogP contribution in [0, 0.1) is 0 Å². The molecule has 3 rings (SSSR count). The SMILES string of the molecule is O=C(CC1CNCCO1)NCc1ccc(N2CCCC2=O)cc1. The Morgan fingerprint density at radius 1 is 1.35 bits per heavy atom. The summed E-state index contributed by atoms with van der Waals surface area (Å²) in [6.07, 6.45) is 1.91. The molecule has 2 fully saturated rings. The fourth-order valence-electron chi connectivity index (χ4n) is 2.95. The number of rotatable bonds is 5. The summed E-state index contributed by atoms with van der Waals surface area (Å²) >= 11 is 0. The number of ether oxygens (including phenoxy) is 1. The lowest BCUT2D eigenvalue weighted by Gasteiger charge is -2.23. The van der Waals surface area contributed by atoms with Crippen LogP contribution >= 0.6 is 0 Å². The van der Waals surface area contributed by atoms with Crippen LogP contribution in [0.4, 0.5) is 5.69 Å². The summed E-state index contributed by atoms with van der Waals surface area (Å²) in [5.41, 5.74) is 1.96. The summed E-state index contributed by atoms with van der Waals surface area (Å²) in [4.78, 5) is 25.5. The maximum Gasteiger partial charge on any atom is 0.227 e. The van der Waals surface area contributed by atoms with Crippen LogP contribution in [-0.2, 0) is 20.9 Å². The summed E-state index contributed by atoms with van der Waals surface area (Å²) in [6.45, 7) is 3.53. The molecule has 23 heavy (non-hydrogen) atoms. The largest absolute Gasteiger partial charge is 0.375 e. The van der Waals surface area contributed by atoms with Gasteiger partial charge in [-0.25, -0.2) is 0 Å². The molecule has 2 N–H and O–H groups in total. The van der Waals surface area contributed by atoms with Gasteiger partial charge in [0, 0.05) is 38.3 Å². The Bertz CT molecular complexity index is 553. The van der Waals surface area contributed by atoms with Gasteiger partial charge in [0.05, 0.1) is 19.1 Å². The molecule has 6 nitrogen and oxygen atoms in total. The number of anilines is 1. The first kappa shape index (κ1) is 16.0. The number of hydrogen-bond donors (Lipinski definition) is 2. The van der Waals surface area contributed by atoms with Crippen molar-refractivity contribution in [3.63, 3.8) is 0 Å². The van der Waals surface area contributed by atoms with Crippen LogP contribution in [0.2, 0.25) is 0 Å². The lowest BCUT2D eigenvalue weighted by molar-refractivity contribution is -0.124. The van der Waals surface area contributed by atoms with Gasteiger partial charge >= 0.3 is 0 Å². The van der Waals surface area contributed by atoms with Gasteiger partial charge in [0.2, 0.25) is 11.8 Å². The molecule has 1 atom stereocenters. The molecular formula is C17H23N3O3. The Hall–Kier alpha value is -1.92. The molecule has 1 aromatic rings. The number of amides is 2. The van der Waals surface area contributed by atoms with Crippen molar-refractivity contribution in [2.24, 2.45) is 0 Å². The second kappa shape index (κ2) is 7.57. The highest BCUT2D eigenvalue weighted by Crippen LogP contribution is 2.21. The van der Waals surface area contributed by atoms with Crippen molar-refractivity contribution in [2.75, 3.05) is 31.1 Å². The van der Waals surface area contributed by atoms with Crippen molar-refractivity contribution in [1.82, 2.24) is 10.6 Å². The third kappa shape index (κ3) is 4.30. The van der Waals surface area contributed by atoms with Crippen molar-refractivity contribution in [1.29, 1.82) is 0 Å². The second-order valence-corrected chi connectivity index (χ2v) is 5.99. The Morgan fingerprint density at radius 2 is 2.17 bits per heavy atom. The normalized spacial score (nSPS) is 21.5. The fraction of sp³-hybridized carbons (Fsp3) is 0.529. The lowest BCUT2D eigenvalue weighted by Crippen LogP contribution is -2.41. The first-order chi connectivity index (χ1) is 11.2. The molecule has 2 amide bonds. The topological polar surface area (TPSA) is 70.7 Å². The van der Waals surface area contributed by atoms with Gasteiger partial charge in [-0.05, 0) is 24.1 Å². The van der Waals surface area contributed by atoms with E-state index in [1.165, 1.54) is 0 Å². The molecule has 0 radical (unpaired) electrons. The molecule has 1 aromatic carbocycles. The summed E-state index contributed by atoms with van der Waals surface area (Å²) in [6, 6.07) is 7.80. The van der Waals surface area contributed by atoms with Gasteiger partial charge in [-0.2, -0.15) is 0 Å². The van der Waals surface area contributed by atoms with E-state index in [0.29, 0.717) is 26.0 Å². The molecule has 124 valence electrons. The predicted octanol–water partition coefficient (Wildman–Crippen LogP) is 0.808. The maximum absolute atomic E-state index is 11.9. The molecule has 0 aromatic heterocycles. The van der Waals surface area contributed by atoms with E-state index in [0.717, 1.165) is 37.3 Å². The van der Waals surface area contributed by atoms with Gasteiger partial charge in [-0.15, -0.1) is 0 Å². The molecule has 2 aliphatic heterocycles. The van der Waals surface area contributed by atoms with Crippen molar-refractivity contribution in [3.8, 4) is 0 Å². The second-order valence-electron chi connectivity index (χ2n) is 5.99. The molecule has 0 saturated carbocycles. The van der Waals surface area contributed by atoms with E-state index in [9.17, 15) is 9.59 Å². The van der Waals surface area contributed by atoms with Crippen molar-refractivity contribution in [3.05, 3.63) is 29.8 Å². The number of nitrogens with zero attached hydrogens (tertiary/aromatic N) is 1. The quantitative estimate of drug-likeness (QED) is 0.843. The van der Waals surface area contributed by atoms with E-state index >= 15 is 0 Å². The van der Waals surface area contributed by atoms with E-state index in [4.69, 9.17) is 4.74 Å². The van der Waals surface area contributed by atoms with Crippen molar-refractivity contribution in [2.45, 2.75) is 31.9 Å². The van der Waals surface area contributed by atoms with Crippen LogP contribution < -0.4 is 15.5 Å². The summed E-state index contributed by atoms with van der Waals surface area (Å²) in [5, 5.41) is 6.13. The van der Waals surface area contributed by atoms with E-state index in [1.807, 2.05) is 29.2 Å². The number of nitrogens with one attached hydrogen (secondary N) is 2. The Kier molecular flexibility index (Phi) is 5.25. The zero-order chi connectivity index (χ0) is 16.1. The highest BCUT2D eigenvalue weighted by Gasteiger charge is 2.21. The van der Waals surface area contributed by atoms with Crippen LogP contribution in [-0.4, -0.2) is 44.2 Å². The molecule has 2 aliphatic rings. The van der Waals surface area contributed by atoms with E-state index in [2.05, 4.69) is 10.6 Å². The van der Waals surface area contributed by atoms with Crippen LogP contribution in [0.25, 0.3) is 0 Å². The van der Waals surface area contributed by atoms with Crippen molar-refractivity contribution >= 4 is 17.5 Å². The number of morpholine rings is 1. The van der Waals surface area contributed by atoms with Gasteiger partial charge in [-0.3, -0.25) is 9.59 Å². The highest BCUT2D eigenvalue weighted by atomic mass is 16.5. The summed E-state index contributed by atoms with van der Waals surface area (Å²) in [7, 11) is 0. The predicted molar refractivity (Wildman–Crippen MR) is 87.1 cm³/mol. The Balaban J connectivity index is 1.46. The summed E-state index contributed by atoms with van der Waals surface area (Å²) in [5.74, 6) is 0.185. The highest BCUT2D eigenvalue weighted by molar-refractivity contribution is 5.95. The standard InChI is InChI=1S/C17H23N3O3/c21-16(10-15-12-18-7-9-23-15)19-11-13-3-5-14(6-4-13)20-8-1-2-17(20)22/h3-6,15,18H,1-2,7-12H2,(H,19,21). The van der Waals surface area contributed by atoms with E-state index in [1.54, 1.807) is 0 Å². The molecule has 6 heteroatoms. The molecule has 0 aliphatic carbocycles. The smallest absolute Gasteiger partial charge is 0.227 e. The molecule has 0 bridgehead atoms. The third-order valence-corrected chi connectivity index (χ3v) is 4.23. The molecule has 2 heterocycles. The minimum absolute atomic E-state index is 0.00232. The average Bonchev–Trinajstić information content (AvgIpc) is 3.00. The monoisotopic (exact) mass is 317 g/mol.